The summed E-state index contributed by atoms with van der Waals surface area (Å²) in [5.41, 5.74) is -1.59. The van der Waals surface area contributed by atoms with Crippen LogP contribution in [-0.4, -0.2) is 16.8 Å². The van der Waals surface area contributed by atoms with E-state index in [0.29, 0.717) is 10.7 Å². The first-order valence-electron chi connectivity index (χ1n) is 6.02. The Balaban J connectivity index is 2.03. The third kappa shape index (κ3) is 2.23. The van der Waals surface area contributed by atoms with Crippen LogP contribution >= 0.6 is 23.2 Å². The molecule has 7 heteroatoms. The Morgan fingerprint density at radius 2 is 2.14 bits per heavy atom. The van der Waals surface area contributed by atoms with E-state index in [1.807, 2.05) is 0 Å². The second kappa shape index (κ2) is 4.87. The fraction of sp³-hybridized carbons (Fsp3) is 0.143. The largest absolute Gasteiger partial charge is 0.461 e. The number of ketones is 1. The maximum Gasteiger partial charge on any atom is 0.261 e. The van der Waals surface area contributed by atoms with E-state index in [1.54, 1.807) is 6.07 Å². The summed E-state index contributed by atoms with van der Waals surface area (Å²) in [5, 5.41) is 13.6. The molecule has 0 spiro atoms. The SMILES string of the molecule is O=C(C[C@]1(O)C(=O)Nc2cc(Cl)cc(Cl)c21)c1ccco1. The molecule has 1 aliphatic rings. The van der Waals surface area contributed by atoms with Gasteiger partial charge in [-0.25, -0.2) is 0 Å². The van der Waals surface area contributed by atoms with Crippen LogP contribution in [0.5, 0.6) is 0 Å². The monoisotopic (exact) mass is 325 g/mol. The molecular weight excluding hydrogens is 317 g/mol. The predicted molar refractivity (Wildman–Crippen MR) is 76.6 cm³/mol. The Kier molecular flexibility index (Phi) is 3.28. The fourth-order valence-corrected chi connectivity index (χ4v) is 3.01. The van der Waals surface area contributed by atoms with Crippen LogP contribution in [-0.2, 0) is 10.4 Å². The fourth-order valence-electron chi connectivity index (χ4n) is 2.36. The summed E-state index contributed by atoms with van der Waals surface area (Å²) < 4.78 is 4.98. The lowest BCUT2D eigenvalue weighted by atomic mass is 9.89. The highest BCUT2D eigenvalue weighted by Crippen LogP contribution is 2.44. The van der Waals surface area contributed by atoms with Crippen molar-refractivity contribution in [1.82, 2.24) is 0 Å². The number of amides is 1. The van der Waals surface area contributed by atoms with Gasteiger partial charge in [0.25, 0.3) is 5.91 Å². The molecule has 1 aromatic carbocycles. The van der Waals surface area contributed by atoms with E-state index in [4.69, 9.17) is 27.6 Å². The van der Waals surface area contributed by atoms with E-state index in [0.717, 1.165) is 0 Å². The molecular formula is C14H9Cl2NO4. The maximum absolute atomic E-state index is 12.1. The first-order valence-corrected chi connectivity index (χ1v) is 6.77. The lowest BCUT2D eigenvalue weighted by molar-refractivity contribution is -0.133. The van der Waals surface area contributed by atoms with Crippen molar-refractivity contribution in [2.75, 3.05) is 5.32 Å². The van der Waals surface area contributed by atoms with Gasteiger partial charge in [-0.2, -0.15) is 0 Å². The van der Waals surface area contributed by atoms with Crippen LogP contribution in [0.1, 0.15) is 22.5 Å². The van der Waals surface area contributed by atoms with Gasteiger partial charge in [-0.1, -0.05) is 23.2 Å². The molecule has 1 aromatic heterocycles. The number of rotatable bonds is 3. The minimum Gasteiger partial charge on any atom is -0.461 e. The number of hydrogen-bond acceptors (Lipinski definition) is 4. The Bertz CT molecular complexity index is 742. The third-order valence-electron chi connectivity index (χ3n) is 3.30. The van der Waals surface area contributed by atoms with E-state index < -0.39 is 23.7 Å². The van der Waals surface area contributed by atoms with Crippen LogP contribution in [0.25, 0.3) is 0 Å². The van der Waals surface area contributed by atoms with Crippen LogP contribution in [0.2, 0.25) is 10.0 Å². The Morgan fingerprint density at radius 3 is 2.81 bits per heavy atom. The van der Waals surface area contributed by atoms with Gasteiger partial charge in [-0.05, 0) is 24.3 Å². The van der Waals surface area contributed by atoms with Crippen molar-refractivity contribution in [1.29, 1.82) is 0 Å². The minimum absolute atomic E-state index is 0.0646. The lowest BCUT2D eigenvalue weighted by Gasteiger charge is -2.20. The number of Topliss-reactive ketones (excluding diaryl/α,β-unsaturated/α-hetero) is 1. The number of carbonyl (C=O) groups excluding carboxylic acids is 2. The molecule has 2 N–H and O–H groups in total. The van der Waals surface area contributed by atoms with Crippen molar-refractivity contribution in [3.8, 4) is 0 Å². The number of carbonyl (C=O) groups is 2. The maximum atomic E-state index is 12.1. The molecule has 0 unspecified atom stereocenters. The highest BCUT2D eigenvalue weighted by atomic mass is 35.5. The summed E-state index contributed by atoms with van der Waals surface area (Å²) in [6.45, 7) is 0. The molecule has 2 aromatic rings. The molecule has 2 heterocycles. The molecule has 1 aliphatic heterocycles. The van der Waals surface area contributed by atoms with Crippen LogP contribution in [0.4, 0.5) is 5.69 Å². The van der Waals surface area contributed by atoms with Crippen molar-refractivity contribution in [3.05, 3.63) is 51.9 Å². The van der Waals surface area contributed by atoms with Crippen LogP contribution in [0.15, 0.2) is 34.9 Å². The first kappa shape index (κ1) is 14.1. The number of hydrogen-bond donors (Lipinski definition) is 2. The second-order valence-electron chi connectivity index (χ2n) is 4.70. The number of fused-ring (bicyclic) bond motifs is 1. The summed E-state index contributed by atoms with van der Waals surface area (Å²) in [7, 11) is 0. The van der Waals surface area contributed by atoms with Gasteiger partial charge in [0.2, 0.25) is 5.78 Å². The van der Waals surface area contributed by atoms with E-state index in [9.17, 15) is 14.7 Å². The molecule has 108 valence electrons. The van der Waals surface area contributed by atoms with Crippen LogP contribution in [0, 0.1) is 0 Å². The van der Waals surface area contributed by atoms with Crippen molar-refractivity contribution in [2.45, 2.75) is 12.0 Å². The number of anilines is 1. The van der Waals surface area contributed by atoms with Crippen molar-refractivity contribution < 1.29 is 19.1 Å². The smallest absolute Gasteiger partial charge is 0.261 e. The number of nitrogens with one attached hydrogen (secondary N) is 1. The van der Waals surface area contributed by atoms with E-state index in [1.165, 1.54) is 24.5 Å². The zero-order chi connectivity index (χ0) is 15.2. The van der Waals surface area contributed by atoms with Crippen molar-refractivity contribution in [3.63, 3.8) is 0 Å². The quantitative estimate of drug-likeness (QED) is 0.850. The average Bonchev–Trinajstić information content (AvgIpc) is 2.97. The number of furan rings is 1. The summed E-state index contributed by atoms with van der Waals surface area (Å²) in [4.78, 5) is 24.2. The molecule has 1 atom stereocenters. The predicted octanol–water partition coefficient (Wildman–Crippen LogP) is 3.00. The molecule has 0 aliphatic carbocycles. The zero-order valence-corrected chi connectivity index (χ0v) is 12.0. The van der Waals surface area contributed by atoms with E-state index >= 15 is 0 Å². The summed E-state index contributed by atoms with van der Waals surface area (Å²) >= 11 is 11.9. The van der Waals surface area contributed by atoms with Crippen molar-refractivity contribution >= 4 is 40.6 Å². The van der Waals surface area contributed by atoms with Gasteiger partial charge >= 0.3 is 0 Å². The highest BCUT2D eigenvalue weighted by Gasteiger charge is 2.48. The van der Waals surface area contributed by atoms with Gasteiger partial charge in [-0.15, -0.1) is 0 Å². The van der Waals surface area contributed by atoms with Crippen molar-refractivity contribution in [2.24, 2.45) is 0 Å². The minimum atomic E-state index is -2.04. The molecule has 5 nitrogen and oxygen atoms in total. The van der Waals surface area contributed by atoms with Gasteiger partial charge in [0.05, 0.1) is 23.4 Å². The number of halogens is 2. The zero-order valence-electron chi connectivity index (χ0n) is 10.5. The van der Waals surface area contributed by atoms with Crippen LogP contribution in [0.3, 0.4) is 0 Å². The molecule has 3 rings (SSSR count). The van der Waals surface area contributed by atoms with Gasteiger partial charge in [0, 0.05) is 10.6 Å². The van der Waals surface area contributed by atoms with Gasteiger partial charge in [-0.3, -0.25) is 9.59 Å². The third-order valence-corrected chi connectivity index (χ3v) is 3.82. The molecule has 0 saturated carbocycles. The Morgan fingerprint density at radius 1 is 1.38 bits per heavy atom. The Hall–Kier alpha value is -1.82. The average molecular weight is 326 g/mol. The molecule has 0 saturated heterocycles. The molecule has 0 bridgehead atoms. The second-order valence-corrected chi connectivity index (χ2v) is 5.55. The topological polar surface area (TPSA) is 79.5 Å². The first-order chi connectivity index (χ1) is 9.91. The van der Waals surface area contributed by atoms with Crippen LogP contribution < -0.4 is 5.32 Å². The standard InChI is InChI=1S/C14H9Cl2NO4/c15-7-4-8(16)12-9(5-7)17-13(19)14(12,20)6-10(18)11-2-1-3-21-11/h1-5,20H,6H2,(H,17,19)/t14-/m1/s1. The van der Waals surface area contributed by atoms with E-state index in [2.05, 4.69) is 5.32 Å². The molecule has 0 radical (unpaired) electrons. The van der Waals surface area contributed by atoms with E-state index in [-0.39, 0.29) is 16.3 Å². The van der Waals surface area contributed by atoms with Gasteiger partial charge < -0.3 is 14.8 Å². The number of benzene rings is 1. The molecule has 1 amide bonds. The summed E-state index contributed by atoms with van der Waals surface area (Å²) in [6, 6.07) is 5.89. The molecule has 21 heavy (non-hydrogen) atoms. The summed E-state index contributed by atoms with van der Waals surface area (Å²) in [6.07, 6.45) is 0.868. The highest BCUT2D eigenvalue weighted by molar-refractivity contribution is 6.36. The molecule has 0 fully saturated rings. The number of aliphatic hydroxyl groups is 1. The summed E-state index contributed by atoms with van der Waals surface area (Å²) in [5.74, 6) is -1.16. The van der Waals surface area contributed by atoms with Gasteiger partial charge in [0.15, 0.2) is 11.4 Å². The lowest BCUT2D eigenvalue weighted by Crippen LogP contribution is -2.36. The van der Waals surface area contributed by atoms with Gasteiger partial charge in [0.1, 0.15) is 0 Å². The Labute approximate surface area is 129 Å². The normalized spacial score (nSPS) is 20.2.